The van der Waals surface area contributed by atoms with Crippen molar-refractivity contribution in [2.24, 2.45) is 0 Å². The van der Waals surface area contributed by atoms with Gasteiger partial charge in [-0.3, -0.25) is 4.79 Å². The Labute approximate surface area is 114 Å². The summed E-state index contributed by atoms with van der Waals surface area (Å²) in [4.78, 5) is 19.5. The molecule has 0 aliphatic carbocycles. The molecule has 0 unspecified atom stereocenters. The molecule has 0 aliphatic rings. The number of anilines is 1. The van der Waals surface area contributed by atoms with E-state index in [4.69, 9.17) is 0 Å². The molecule has 0 aliphatic heterocycles. The van der Waals surface area contributed by atoms with Gasteiger partial charge in [0, 0.05) is 25.7 Å². The maximum absolute atomic E-state index is 14.0. The number of nitrogens with one attached hydrogen (secondary N) is 2. The van der Waals surface area contributed by atoms with Crippen molar-refractivity contribution in [2.75, 3.05) is 18.4 Å². The number of nitrogens with zero attached hydrogens (tertiary/aromatic N) is 3. The Morgan fingerprint density at radius 3 is 3.00 bits per heavy atom. The molecule has 2 heterocycles. The molecule has 0 saturated heterocycles. The first-order valence-electron chi connectivity index (χ1n) is 6.14. The van der Waals surface area contributed by atoms with Gasteiger partial charge in [0.15, 0.2) is 17.5 Å². The quantitative estimate of drug-likeness (QED) is 0.819. The molecule has 0 aromatic carbocycles. The van der Waals surface area contributed by atoms with Gasteiger partial charge in [0.2, 0.25) is 6.39 Å². The molecule has 0 saturated carbocycles. The molecule has 2 aromatic heterocycles. The maximum Gasteiger partial charge on any atom is 0.254 e. The van der Waals surface area contributed by atoms with E-state index >= 15 is 0 Å². The molecule has 0 fully saturated rings. The Bertz CT molecular complexity index is 573. The van der Waals surface area contributed by atoms with Crippen molar-refractivity contribution in [3.8, 4) is 0 Å². The van der Waals surface area contributed by atoms with Gasteiger partial charge >= 0.3 is 0 Å². The number of amides is 1. The molecular weight excluding hydrogens is 265 g/mol. The van der Waals surface area contributed by atoms with Gasteiger partial charge in [-0.2, -0.15) is 4.98 Å². The number of halogens is 1. The highest BCUT2D eigenvalue weighted by molar-refractivity contribution is 5.95. The Hall–Kier alpha value is -2.51. The smallest absolute Gasteiger partial charge is 0.254 e. The lowest BCUT2D eigenvalue weighted by molar-refractivity contribution is 0.0950. The summed E-state index contributed by atoms with van der Waals surface area (Å²) in [5, 5.41) is 8.95. The summed E-state index contributed by atoms with van der Waals surface area (Å²) >= 11 is 0. The van der Waals surface area contributed by atoms with Crippen molar-refractivity contribution in [3.05, 3.63) is 35.9 Å². The van der Waals surface area contributed by atoms with Crippen LogP contribution in [0.5, 0.6) is 0 Å². The number of rotatable bonds is 6. The van der Waals surface area contributed by atoms with Gasteiger partial charge in [-0.1, -0.05) is 5.16 Å². The second-order valence-corrected chi connectivity index (χ2v) is 3.90. The predicted octanol–water partition coefficient (Wildman–Crippen LogP) is 1.01. The van der Waals surface area contributed by atoms with E-state index in [1.807, 2.05) is 6.92 Å². The van der Waals surface area contributed by atoms with E-state index in [1.54, 1.807) is 0 Å². The number of pyridine rings is 1. The van der Waals surface area contributed by atoms with Crippen LogP contribution >= 0.6 is 0 Å². The number of carbonyl (C=O) groups excluding carboxylic acids is 1. The van der Waals surface area contributed by atoms with E-state index in [9.17, 15) is 9.18 Å². The lowest BCUT2D eigenvalue weighted by atomic mass is 10.2. The average Bonchev–Trinajstić information content (AvgIpc) is 2.94. The van der Waals surface area contributed by atoms with E-state index in [0.29, 0.717) is 18.8 Å². The highest BCUT2D eigenvalue weighted by Crippen LogP contribution is 2.14. The summed E-state index contributed by atoms with van der Waals surface area (Å²) in [6.07, 6.45) is 3.01. The van der Waals surface area contributed by atoms with Gasteiger partial charge in [0.25, 0.3) is 5.91 Å². The van der Waals surface area contributed by atoms with Crippen molar-refractivity contribution in [1.82, 2.24) is 20.4 Å². The van der Waals surface area contributed by atoms with E-state index < -0.39 is 11.7 Å². The Kier molecular flexibility index (Phi) is 4.59. The first kappa shape index (κ1) is 13.9. The molecule has 8 heteroatoms. The second-order valence-electron chi connectivity index (χ2n) is 3.90. The first-order chi connectivity index (χ1) is 9.72. The SMILES string of the molecule is CCNc1nccc(C(=O)NCCc2ncon2)c1F. The third kappa shape index (κ3) is 3.28. The van der Waals surface area contributed by atoms with Gasteiger partial charge in [0.1, 0.15) is 0 Å². The zero-order chi connectivity index (χ0) is 14.4. The minimum Gasteiger partial charge on any atom is -0.368 e. The molecule has 2 aromatic rings. The fourth-order valence-corrected chi connectivity index (χ4v) is 1.60. The lowest BCUT2D eigenvalue weighted by Gasteiger charge is -2.08. The Balaban J connectivity index is 1.96. The van der Waals surface area contributed by atoms with Crippen molar-refractivity contribution >= 4 is 11.7 Å². The van der Waals surface area contributed by atoms with Gasteiger partial charge in [-0.25, -0.2) is 9.37 Å². The monoisotopic (exact) mass is 279 g/mol. The summed E-state index contributed by atoms with van der Waals surface area (Å²) in [5.74, 6) is -0.619. The van der Waals surface area contributed by atoms with Crippen molar-refractivity contribution in [1.29, 1.82) is 0 Å². The fourth-order valence-electron chi connectivity index (χ4n) is 1.60. The first-order valence-corrected chi connectivity index (χ1v) is 6.14. The van der Waals surface area contributed by atoms with Crippen LogP contribution in [-0.4, -0.2) is 34.1 Å². The summed E-state index contributed by atoms with van der Waals surface area (Å²) in [6.45, 7) is 2.63. The van der Waals surface area contributed by atoms with Crippen molar-refractivity contribution in [2.45, 2.75) is 13.3 Å². The molecule has 0 bridgehead atoms. The number of hydrogen-bond acceptors (Lipinski definition) is 6. The highest BCUT2D eigenvalue weighted by atomic mass is 19.1. The molecule has 7 nitrogen and oxygen atoms in total. The van der Waals surface area contributed by atoms with Crippen LogP contribution in [0.4, 0.5) is 10.2 Å². The van der Waals surface area contributed by atoms with E-state index in [2.05, 4.69) is 30.3 Å². The van der Waals surface area contributed by atoms with Gasteiger partial charge < -0.3 is 15.2 Å². The topological polar surface area (TPSA) is 92.9 Å². The standard InChI is InChI=1S/C12H14FN5O2/c1-2-14-11-10(13)8(3-5-15-11)12(19)16-6-4-9-17-7-20-18-9/h3,5,7H,2,4,6H2,1H3,(H,14,15)(H,16,19). The Morgan fingerprint density at radius 2 is 2.30 bits per heavy atom. The van der Waals surface area contributed by atoms with E-state index in [1.165, 1.54) is 18.7 Å². The van der Waals surface area contributed by atoms with E-state index in [-0.39, 0.29) is 17.9 Å². The largest absolute Gasteiger partial charge is 0.368 e. The summed E-state index contributed by atoms with van der Waals surface area (Å²) in [6, 6.07) is 1.33. The van der Waals surface area contributed by atoms with Gasteiger partial charge in [0.05, 0.1) is 5.56 Å². The predicted molar refractivity (Wildman–Crippen MR) is 68.7 cm³/mol. The molecule has 2 N–H and O–H groups in total. The Morgan fingerprint density at radius 1 is 1.45 bits per heavy atom. The molecule has 0 spiro atoms. The molecule has 0 radical (unpaired) electrons. The normalized spacial score (nSPS) is 10.3. The highest BCUT2D eigenvalue weighted by Gasteiger charge is 2.15. The van der Waals surface area contributed by atoms with Crippen LogP contribution in [0, 0.1) is 5.82 Å². The minimum atomic E-state index is -0.661. The zero-order valence-corrected chi connectivity index (χ0v) is 10.9. The van der Waals surface area contributed by atoms with Crippen molar-refractivity contribution < 1.29 is 13.7 Å². The minimum absolute atomic E-state index is 0.0518. The molecule has 1 amide bonds. The maximum atomic E-state index is 14.0. The summed E-state index contributed by atoms with van der Waals surface area (Å²) in [7, 11) is 0. The van der Waals surface area contributed by atoms with Crippen LogP contribution in [0.2, 0.25) is 0 Å². The molecular formula is C12H14FN5O2. The molecule has 2 rings (SSSR count). The van der Waals surface area contributed by atoms with Crippen molar-refractivity contribution in [3.63, 3.8) is 0 Å². The summed E-state index contributed by atoms with van der Waals surface area (Å²) in [5.41, 5.74) is -0.0518. The second kappa shape index (κ2) is 6.60. The average molecular weight is 279 g/mol. The number of carbonyl (C=O) groups is 1. The van der Waals surface area contributed by atoms with Crippen LogP contribution in [-0.2, 0) is 6.42 Å². The zero-order valence-electron chi connectivity index (χ0n) is 10.9. The molecule has 106 valence electrons. The fraction of sp³-hybridized carbons (Fsp3) is 0.333. The molecule has 0 atom stereocenters. The number of hydrogen-bond donors (Lipinski definition) is 2. The van der Waals surface area contributed by atoms with Crippen LogP contribution in [0.1, 0.15) is 23.1 Å². The van der Waals surface area contributed by atoms with Crippen LogP contribution in [0.3, 0.4) is 0 Å². The third-order valence-corrected chi connectivity index (χ3v) is 2.52. The van der Waals surface area contributed by atoms with Gasteiger partial charge in [-0.15, -0.1) is 0 Å². The van der Waals surface area contributed by atoms with Crippen LogP contribution in [0.15, 0.2) is 23.2 Å². The van der Waals surface area contributed by atoms with E-state index in [0.717, 1.165) is 0 Å². The molecule has 20 heavy (non-hydrogen) atoms. The summed E-state index contributed by atoms with van der Waals surface area (Å²) < 4.78 is 18.6. The number of aromatic nitrogens is 3. The van der Waals surface area contributed by atoms with Gasteiger partial charge in [-0.05, 0) is 13.0 Å². The lowest BCUT2D eigenvalue weighted by Crippen LogP contribution is -2.27. The third-order valence-electron chi connectivity index (χ3n) is 2.52. The van der Waals surface area contributed by atoms with Crippen LogP contribution < -0.4 is 10.6 Å². The van der Waals surface area contributed by atoms with Crippen LogP contribution in [0.25, 0.3) is 0 Å².